The maximum absolute atomic E-state index is 12.7. The molecule has 0 fully saturated rings. The van der Waals surface area contributed by atoms with E-state index in [2.05, 4.69) is 26.0 Å². The monoisotopic (exact) mass is 662 g/mol. The molecule has 41 heavy (non-hydrogen) atoms. The quantitative estimate of drug-likeness (QED) is 0.0514. The van der Waals surface area contributed by atoms with Crippen LogP contribution in [0, 0.1) is 15.4 Å². The predicted molar refractivity (Wildman–Crippen MR) is 160 cm³/mol. The van der Waals surface area contributed by atoms with Gasteiger partial charge in [-0.25, -0.2) is 5.12 Å². The number of halogens is 1. The predicted octanol–water partition coefficient (Wildman–Crippen LogP) is 5.36. The van der Waals surface area contributed by atoms with Gasteiger partial charge in [-0.3, -0.25) is 9.59 Å². The van der Waals surface area contributed by atoms with Gasteiger partial charge in [0.2, 0.25) is 0 Å². The third kappa shape index (κ3) is 7.33. The summed E-state index contributed by atoms with van der Waals surface area (Å²) in [4.78, 5) is 36.3. The van der Waals surface area contributed by atoms with Crippen molar-refractivity contribution in [1.29, 1.82) is 0 Å². The van der Waals surface area contributed by atoms with E-state index < -0.39 is 5.23 Å². The van der Waals surface area contributed by atoms with E-state index in [0.717, 1.165) is 5.56 Å². The van der Waals surface area contributed by atoms with Crippen LogP contribution in [0.25, 0.3) is 11.7 Å². The molecule has 2 unspecified atom stereocenters. The first-order valence-electron chi connectivity index (χ1n) is 12.0. The number of carbonyl (C=O) groups is 2. The molecule has 0 aliphatic heterocycles. The number of hydrogen-bond acceptors (Lipinski definition) is 9. The van der Waals surface area contributed by atoms with Crippen molar-refractivity contribution in [3.63, 3.8) is 0 Å². The number of nitrogens with zero attached hydrogens (tertiary/aromatic N) is 5. The zero-order valence-electron chi connectivity index (χ0n) is 21.5. The van der Waals surface area contributed by atoms with E-state index >= 15 is 0 Å². The SMILES string of the molecule is Cc1ccc(C(=O)c2ccc([NH+]([NH-])/N=N\[NH+]([NH-])N=Nc3ccc(C(=O)c4ccc(I)c(N=O)c4)cc3)cc2)cc1N. The second-order valence-electron chi connectivity index (χ2n) is 8.68. The Balaban J connectivity index is 1.34. The molecule has 6 N–H and O–H groups in total. The van der Waals surface area contributed by atoms with E-state index in [-0.39, 0.29) is 22.4 Å². The van der Waals surface area contributed by atoms with E-state index in [9.17, 15) is 14.5 Å². The van der Waals surface area contributed by atoms with Gasteiger partial charge >= 0.3 is 0 Å². The fraction of sp³-hybridized carbons (Fsp3) is 0.0370. The van der Waals surface area contributed by atoms with Crippen LogP contribution in [0.15, 0.2) is 111 Å². The van der Waals surface area contributed by atoms with Gasteiger partial charge in [-0.05, 0) is 101 Å². The van der Waals surface area contributed by atoms with Crippen LogP contribution < -0.4 is 16.1 Å². The smallest absolute Gasteiger partial charge is 0.193 e. The highest BCUT2D eigenvalue weighted by molar-refractivity contribution is 14.1. The van der Waals surface area contributed by atoms with Crippen LogP contribution in [-0.2, 0) is 0 Å². The average molecular weight is 662 g/mol. The van der Waals surface area contributed by atoms with E-state index in [1.54, 1.807) is 78.9 Å². The van der Waals surface area contributed by atoms with Gasteiger partial charge in [0.1, 0.15) is 11.4 Å². The zero-order valence-corrected chi connectivity index (χ0v) is 23.7. The number of quaternary nitrogens is 2. The Labute approximate surface area is 247 Å². The minimum Gasteiger partial charge on any atom is -0.434 e. The van der Waals surface area contributed by atoms with Crippen molar-refractivity contribution in [2.75, 3.05) is 5.73 Å². The Kier molecular flexibility index (Phi) is 9.43. The first-order chi connectivity index (χ1) is 19.7. The van der Waals surface area contributed by atoms with Gasteiger partial charge in [0, 0.05) is 48.9 Å². The highest BCUT2D eigenvalue weighted by Crippen LogP contribution is 2.24. The number of benzene rings is 4. The van der Waals surface area contributed by atoms with Gasteiger partial charge in [0.15, 0.2) is 11.6 Å². The van der Waals surface area contributed by atoms with Crippen molar-refractivity contribution in [3.05, 3.63) is 133 Å². The standard InChI is InChI=1S/C27H23IN10O3/c1-16-2-3-19(14-24(16)29)26(39)18-6-11-22(12-7-18)37(30)35-36-38(31)34-32-21-9-4-17(5-10-21)27(40)20-8-13-23(28)25(15-20)33-41/h2-15,30-31,37-38H,29H2,1H3/b34-32?,36-35-. The summed E-state index contributed by atoms with van der Waals surface area (Å²) in [5, 5.41) is 17.0. The molecule has 0 radical (unpaired) electrons. The molecule has 14 heteroatoms. The molecule has 0 amide bonds. The van der Waals surface area contributed by atoms with E-state index in [1.807, 2.05) is 29.5 Å². The normalized spacial score (nSPS) is 12.9. The lowest BCUT2D eigenvalue weighted by atomic mass is 10.0. The summed E-state index contributed by atoms with van der Waals surface area (Å²) in [7, 11) is 0. The molecule has 0 saturated heterocycles. The molecule has 0 spiro atoms. The lowest BCUT2D eigenvalue weighted by Gasteiger charge is -2.12. The number of anilines is 1. The fourth-order valence-corrected chi connectivity index (χ4v) is 4.01. The lowest BCUT2D eigenvalue weighted by molar-refractivity contribution is -0.898. The van der Waals surface area contributed by atoms with Gasteiger partial charge in [-0.2, -0.15) is 0 Å². The molecule has 0 saturated carbocycles. The molecule has 206 valence electrons. The molecule has 0 bridgehead atoms. The third-order valence-corrected chi connectivity index (χ3v) is 6.82. The van der Waals surface area contributed by atoms with Crippen LogP contribution in [-0.4, -0.2) is 11.6 Å². The molecular formula is C27H23IN10O3. The number of aryl methyl sites for hydroxylation is 1. The summed E-state index contributed by atoms with van der Waals surface area (Å²) in [6.07, 6.45) is 0. The molecule has 0 aliphatic carbocycles. The fourth-order valence-electron chi connectivity index (χ4n) is 3.58. The molecule has 4 aromatic rings. The van der Waals surface area contributed by atoms with Crippen LogP contribution in [0.4, 0.5) is 22.7 Å². The van der Waals surface area contributed by atoms with Crippen LogP contribution >= 0.6 is 22.6 Å². The topological polar surface area (TPSA) is 196 Å². The molecule has 0 heterocycles. The van der Waals surface area contributed by atoms with Crippen molar-refractivity contribution < 1.29 is 19.9 Å². The van der Waals surface area contributed by atoms with Crippen molar-refractivity contribution in [2.24, 2.45) is 26.0 Å². The van der Waals surface area contributed by atoms with Gasteiger partial charge in [-0.1, -0.05) is 17.2 Å². The molecule has 4 rings (SSSR count). The minimum absolute atomic E-state index is 0.193. The molecule has 0 aromatic heterocycles. The Morgan fingerprint density at radius 3 is 1.93 bits per heavy atom. The second kappa shape index (κ2) is 13.2. The number of nitrogens with two attached hydrogens (primary N) is 1. The highest BCUT2D eigenvalue weighted by Gasteiger charge is 2.13. The highest BCUT2D eigenvalue weighted by atomic mass is 127. The van der Waals surface area contributed by atoms with Gasteiger partial charge in [-0.15, -0.1) is 10.1 Å². The Hall–Kier alpha value is -4.61. The minimum atomic E-state index is -0.536. The van der Waals surface area contributed by atoms with Crippen LogP contribution in [0.5, 0.6) is 0 Å². The number of nitrogen functional groups attached to an aromatic ring is 1. The summed E-state index contributed by atoms with van der Waals surface area (Å²) in [6, 6.07) is 22.3. The summed E-state index contributed by atoms with van der Waals surface area (Å²) < 4.78 is 0.647. The number of hydrogen-bond donors (Lipinski definition) is 3. The van der Waals surface area contributed by atoms with Crippen molar-refractivity contribution in [3.8, 4) is 0 Å². The maximum Gasteiger partial charge on any atom is 0.193 e. The van der Waals surface area contributed by atoms with E-state index in [4.69, 9.17) is 17.4 Å². The van der Waals surface area contributed by atoms with Crippen LogP contribution in [0.3, 0.4) is 0 Å². The van der Waals surface area contributed by atoms with Crippen molar-refractivity contribution in [2.45, 2.75) is 6.92 Å². The van der Waals surface area contributed by atoms with Crippen LogP contribution in [0.2, 0.25) is 0 Å². The molecule has 2 atom stereocenters. The molecule has 4 aromatic carbocycles. The summed E-state index contributed by atoms with van der Waals surface area (Å²) in [5.74, 6) is 15.4. The molecular weight excluding hydrogens is 639 g/mol. The lowest BCUT2D eigenvalue weighted by Crippen LogP contribution is -2.99. The number of nitrogens with one attached hydrogen (secondary N) is 4. The van der Waals surface area contributed by atoms with E-state index in [0.29, 0.717) is 42.9 Å². The number of ketones is 2. The summed E-state index contributed by atoms with van der Waals surface area (Å²) in [5.41, 5.74) is 9.87. The third-order valence-electron chi connectivity index (χ3n) is 5.90. The Morgan fingerprint density at radius 1 is 0.756 bits per heavy atom. The molecule has 13 nitrogen and oxygen atoms in total. The summed E-state index contributed by atoms with van der Waals surface area (Å²) >= 11 is 1.97. The number of rotatable bonds is 10. The Bertz CT molecular complexity index is 1660. The Morgan fingerprint density at radius 2 is 1.32 bits per heavy atom. The van der Waals surface area contributed by atoms with Gasteiger partial charge < -0.3 is 17.4 Å². The first kappa shape index (κ1) is 29.4. The van der Waals surface area contributed by atoms with Crippen LogP contribution in [0.1, 0.15) is 37.4 Å². The average Bonchev–Trinajstić information content (AvgIpc) is 3.00. The second-order valence-corrected chi connectivity index (χ2v) is 9.85. The number of nitroso groups, excluding NO2 is 1. The molecule has 0 aliphatic rings. The van der Waals surface area contributed by atoms with E-state index in [1.165, 1.54) is 6.07 Å². The zero-order chi connectivity index (χ0) is 29.5. The maximum atomic E-state index is 12.7. The van der Waals surface area contributed by atoms with Gasteiger partial charge in [0.25, 0.3) is 0 Å². The number of carbonyl (C=O) groups excluding carboxylic acids is 2. The first-order valence-corrected chi connectivity index (χ1v) is 13.0. The van der Waals surface area contributed by atoms with Gasteiger partial charge in [0.05, 0.1) is 16.1 Å². The largest absolute Gasteiger partial charge is 0.434 e. The van der Waals surface area contributed by atoms with Crippen molar-refractivity contribution >= 4 is 56.9 Å². The van der Waals surface area contributed by atoms with Crippen molar-refractivity contribution in [1.82, 2.24) is 0 Å². The summed E-state index contributed by atoms with van der Waals surface area (Å²) in [6.45, 7) is 1.86.